The zero-order valence-corrected chi connectivity index (χ0v) is 17.1. The first-order valence-corrected chi connectivity index (χ1v) is 10.6. The van der Waals surface area contributed by atoms with E-state index in [0.29, 0.717) is 13.1 Å². The fourth-order valence-electron chi connectivity index (χ4n) is 4.56. The summed E-state index contributed by atoms with van der Waals surface area (Å²) in [6.45, 7) is 3.24. The van der Waals surface area contributed by atoms with Gasteiger partial charge in [-0.3, -0.25) is 14.4 Å². The molecule has 30 heavy (non-hydrogen) atoms. The van der Waals surface area contributed by atoms with Crippen LogP contribution in [0.25, 0.3) is 0 Å². The molecule has 2 heterocycles. The molecule has 8 heteroatoms. The van der Waals surface area contributed by atoms with Gasteiger partial charge in [-0.15, -0.1) is 0 Å². The molecule has 0 bridgehead atoms. The molecule has 164 valence electrons. The van der Waals surface area contributed by atoms with Crippen molar-refractivity contribution in [3.63, 3.8) is 0 Å². The summed E-state index contributed by atoms with van der Waals surface area (Å²) in [5.41, 5.74) is 2.08. The van der Waals surface area contributed by atoms with Gasteiger partial charge in [0.25, 0.3) is 0 Å². The Bertz CT molecular complexity index is 744. The first kappa shape index (κ1) is 22.1. The molecule has 2 aliphatic heterocycles. The Morgan fingerprint density at radius 1 is 0.933 bits per heavy atom. The average molecular weight is 418 g/mol. The molecule has 3 rings (SSSR count). The number of anilines is 1. The topological polar surface area (TPSA) is 116 Å². The van der Waals surface area contributed by atoms with Crippen LogP contribution in [0, 0.1) is 17.8 Å². The number of benzene rings is 1. The van der Waals surface area contributed by atoms with Gasteiger partial charge in [-0.2, -0.15) is 0 Å². The number of carbonyl (C=O) groups excluding carboxylic acids is 1. The molecule has 0 radical (unpaired) electrons. The van der Waals surface area contributed by atoms with Crippen LogP contribution in [0.4, 0.5) is 5.69 Å². The minimum atomic E-state index is -0.978. The van der Waals surface area contributed by atoms with Crippen molar-refractivity contribution in [3.05, 3.63) is 29.8 Å². The van der Waals surface area contributed by atoms with Crippen molar-refractivity contribution in [2.24, 2.45) is 17.8 Å². The molecule has 1 aromatic rings. The number of aliphatic carboxylic acids is 2. The average Bonchev–Trinajstić information content (AvgIpc) is 3.23. The smallest absolute Gasteiger partial charge is 0.306 e. The van der Waals surface area contributed by atoms with E-state index in [1.807, 2.05) is 24.3 Å². The molecule has 0 unspecified atom stereocenters. The molecule has 2 saturated heterocycles. The van der Waals surface area contributed by atoms with Gasteiger partial charge in [0, 0.05) is 38.0 Å². The number of nitrogens with zero attached hydrogens (tertiary/aromatic N) is 1. The highest BCUT2D eigenvalue weighted by Crippen LogP contribution is 2.32. The summed E-state index contributed by atoms with van der Waals surface area (Å²) >= 11 is 0. The lowest BCUT2D eigenvalue weighted by molar-refractivity contribution is -0.149. The lowest BCUT2D eigenvalue weighted by Crippen LogP contribution is -2.45. The number of esters is 1. The van der Waals surface area contributed by atoms with Crippen LogP contribution < -0.4 is 10.2 Å². The summed E-state index contributed by atoms with van der Waals surface area (Å²) < 4.78 is 5.42. The zero-order valence-electron chi connectivity index (χ0n) is 17.1. The van der Waals surface area contributed by atoms with Crippen molar-refractivity contribution in [1.82, 2.24) is 5.32 Å². The van der Waals surface area contributed by atoms with Crippen molar-refractivity contribution in [2.75, 3.05) is 31.1 Å². The van der Waals surface area contributed by atoms with Crippen LogP contribution in [0.3, 0.4) is 0 Å². The number of carboxylic acid groups (broad SMARTS) is 2. The Balaban J connectivity index is 1.53. The highest BCUT2D eigenvalue weighted by atomic mass is 16.5. The molecular weight excluding hydrogens is 388 g/mol. The maximum absolute atomic E-state index is 12.4. The fraction of sp³-hybridized carbons (Fsp3) is 0.591. The predicted molar refractivity (Wildman–Crippen MR) is 110 cm³/mol. The van der Waals surface area contributed by atoms with Crippen molar-refractivity contribution < 1.29 is 29.3 Å². The van der Waals surface area contributed by atoms with Gasteiger partial charge in [-0.05, 0) is 61.4 Å². The summed E-state index contributed by atoms with van der Waals surface area (Å²) in [6, 6.07) is 8.00. The highest BCUT2D eigenvalue weighted by Gasteiger charge is 2.37. The maximum atomic E-state index is 12.4. The van der Waals surface area contributed by atoms with Crippen LogP contribution in [0.15, 0.2) is 24.3 Å². The third-order valence-corrected chi connectivity index (χ3v) is 6.11. The molecule has 3 atom stereocenters. The third kappa shape index (κ3) is 6.19. The second kappa shape index (κ2) is 10.4. The minimum absolute atomic E-state index is 0.0763. The number of piperidine rings is 1. The number of hydrogen-bond acceptors (Lipinski definition) is 6. The first-order chi connectivity index (χ1) is 14.4. The van der Waals surface area contributed by atoms with E-state index in [2.05, 4.69) is 10.2 Å². The number of nitrogens with one attached hydrogen (secondary N) is 1. The largest absolute Gasteiger partial charge is 0.481 e. The normalized spacial score (nSPS) is 23.9. The monoisotopic (exact) mass is 418 g/mol. The van der Waals surface area contributed by atoms with Crippen molar-refractivity contribution in [2.45, 2.75) is 38.7 Å². The summed E-state index contributed by atoms with van der Waals surface area (Å²) in [7, 11) is 0. The Kier molecular flexibility index (Phi) is 7.68. The van der Waals surface area contributed by atoms with Gasteiger partial charge in [0.05, 0.1) is 0 Å². The molecule has 0 aromatic heterocycles. The second-order valence-electron chi connectivity index (χ2n) is 8.26. The van der Waals surface area contributed by atoms with Gasteiger partial charge < -0.3 is 25.2 Å². The Morgan fingerprint density at radius 3 is 2.13 bits per heavy atom. The first-order valence-electron chi connectivity index (χ1n) is 10.6. The van der Waals surface area contributed by atoms with Gasteiger partial charge in [0.2, 0.25) is 0 Å². The van der Waals surface area contributed by atoms with E-state index in [9.17, 15) is 19.5 Å². The van der Waals surface area contributed by atoms with Crippen LogP contribution in [0.5, 0.6) is 0 Å². The van der Waals surface area contributed by atoms with E-state index in [1.165, 1.54) is 18.5 Å². The van der Waals surface area contributed by atoms with Gasteiger partial charge in [0.1, 0.15) is 6.61 Å². The van der Waals surface area contributed by atoms with E-state index in [4.69, 9.17) is 9.84 Å². The molecule has 0 saturated carbocycles. The van der Waals surface area contributed by atoms with E-state index in [0.717, 1.165) is 18.7 Å². The Morgan fingerprint density at radius 2 is 1.53 bits per heavy atom. The molecule has 0 aliphatic carbocycles. The Labute approximate surface area is 176 Å². The molecule has 8 nitrogen and oxygen atoms in total. The molecular formula is C22H30N2O6. The van der Waals surface area contributed by atoms with Crippen LogP contribution in [-0.2, 0) is 25.7 Å². The number of carbonyl (C=O) groups is 3. The summed E-state index contributed by atoms with van der Waals surface area (Å²) in [5, 5.41) is 21.5. The third-order valence-electron chi connectivity index (χ3n) is 6.11. The van der Waals surface area contributed by atoms with Gasteiger partial charge in [-0.1, -0.05) is 12.1 Å². The number of hydrogen-bond donors (Lipinski definition) is 3. The van der Waals surface area contributed by atoms with Crippen molar-refractivity contribution in [1.29, 1.82) is 0 Å². The minimum Gasteiger partial charge on any atom is -0.481 e. The SMILES string of the molecule is O=C(O)C[C@H]1CNC[C@@H](CC(=O)OCc2ccc(N3CCCC3)cc2)[C@@H]1CC(=O)O. The van der Waals surface area contributed by atoms with E-state index in [-0.39, 0.29) is 43.6 Å². The number of rotatable bonds is 9. The quantitative estimate of drug-likeness (QED) is 0.522. The maximum Gasteiger partial charge on any atom is 0.306 e. The van der Waals surface area contributed by atoms with Crippen LogP contribution in [0.1, 0.15) is 37.7 Å². The van der Waals surface area contributed by atoms with Crippen molar-refractivity contribution in [3.8, 4) is 0 Å². The zero-order chi connectivity index (χ0) is 21.5. The molecule has 1 aromatic carbocycles. The van der Waals surface area contributed by atoms with E-state index in [1.54, 1.807) is 0 Å². The van der Waals surface area contributed by atoms with Gasteiger partial charge in [0.15, 0.2) is 0 Å². The molecule has 0 spiro atoms. The van der Waals surface area contributed by atoms with Crippen LogP contribution in [-0.4, -0.2) is 54.3 Å². The van der Waals surface area contributed by atoms with Crippen molar-refractivity contribution >= 4 is 23.6 Å². The van der Waals surface area contributed by atoms with Gasteiger partial charge in [-0.25, -0.2) is 0 Å². The molecule has 2 aliphatic rings. The van der Waals surface area contributed by atoms with E-state index >= 15 is 0 Å². The van der Waals surface area contributed by atoms with Crippen LogP contribution >= 0.6 is 0 Å². The summed E-state index contributed by atoms with van der Waals surface area (Å²) in [5.74, 6) is -3.28. The lowest BCUT2D eigenvalue weighted by atomic mass is 9.73. The van der Waals surface area contributed by atoms with Crippen LogP contribution in [0.2, 0.25) is 0 Å². The second-order valence-corrected chi connectivity index (χ2v) is 8.26. The standard InChI is InChI=1S/C22H30N2O6/c25-20(26)9-16-12-23-13-17(19(16)11-21(27)28)10-22(29)30-14-15-3-5-18(6-4-15)24-7-1-2-8-24/h3-6,16-17,19,23H,1-2,7-14H2,(H,25,26)(H,27,28)/t16-,17+,19+/m0/s1. The molecule has 0 amide bonds. The predicted octanol–water partition coefficient (Wildman–Crippen LogP) is 2.12. The summed E-state index contributed by atoms with van der Waals surface area (Å²) in [4.78, 5) is 37.1. The Hall–Kier alpha value is -2.61. The number of carboxylic acids is 2. The lowest BCUT2D eigenvalue weighted by Gasteiger charge is -2.37. The molecule has 2 fully saturated rings. The van der Waals surface area contributed by atoms with E-state index < -0.39 is 17.9 Å². The molecule has 3 N–H and O–H groups in total. The van der Waals surface area contributed by atoms with Gasteiger partial charge >= 0.3 is 17.9 Å². The fourth-order valence-corrected chi connectivity index (χ4v) is 4.56. The summed E-state index contributed by atoms with van der Waals surface area (Å²) in [6.07, 6.45) is 2.25. The number of ether oxygens (including phenoxy) is 1. The highest BCUT2D eigenvalue weighted by molar-refractivity contribution is 5.71.